The SMILES string of the molecule is Cl.c1cc2c(c3c1C[C@H]1NCCC[C@@H]1C3)OCO2. The van der Waals surface area contributed by atoms with Crippen molar-refractivity contribution in [1.29, 1.82) is 0 Å². The van der Waals surface area contributed by atoms with E-state index in [2.05, 4.69) is 17.4 Å². The monoisotopic (exact) mass is 267 g/mol. The largest absolute Gasteiger partial charge is 0.454 e. The van der Waals surface area contributed by atoms with E-state index in [1.54, 1.807) is 0 Å². The average molecular weight is 268 g/mol. The summed E-state index contributed by atoms with van der Waals surface area (Å²) < 4.78 is 11.1. The second-order valence-corrected chi connectivity index (χ2v) is 5.31. The van der Waals surface area contributed by atoms with Crippen molar-refractivity contribution in [1.82, 2.24) is 5.32 Å². The van der Waals surface area contributed by atoms with Crippen LogP contribution < -0.4 is 14.8 Å². The van der Waals surface area contributed by atoms with Crippen LogP contribution in [0.25, 0.3) is 0 Å². The fourth-order valence-corrected chi connectivity index (χ4v) is 3.49. The third-order valence-corrected chi connectivity index (χ3v) is 4.37. The van der Waals surface area contributed by atoms with Gasteiger partial charge in [0.05, 0.1) is 0 Å². The molecule has 2 atom stereocenters. The molecule has 1 aliphatic carbocycles. The van der Waals surface area contributed by atoms with Crippen molar-refractivity contribution in [3.63, 3.8) is 0 Å². The number of ether oxygens (including phenoxy) is 2. The zero-order valence-corrected chi connectivity index (χ0v) is 11.1. The van der Waals surface area contributed by atoms with Crippen LogP contribution in [0.15, 0.2) is 12.1 Å². The molecule has 0 unspecified atom stereocenters. The molecule has 1 N–H and O–H groups in total. The van der Waals surface area contributed by atoms with Crippen molar-refractivity contribution in [2.24, 2.45) is 5.92 Å². The summed E-state index contributed by atoms with van der Waals surface area (Å²) in [6.07, 6.45) is 4.96. The maximum absolute atomic E-state index is 5.63. The topological polar surface area (TPSA) is 30.5 Å². The molecular formula is C14H18ClNO2. The van der Waals surface area contributed by atoms with Crippen molar-refractivity contribution in [3.8, 4) is 11.5 Å². The Labute approximate surface area is 113 Å². The van der Waals surface area contributed by atoms with Crippen LogP contribution in [0.1, 0.15) is 24.0 Å². The summed E-state index contributed by atoms with van der Waals surface area (Å²) in [5, 5.41) is 3.66. The van der Waals surface area contributed by atoms with E-state index in [0.717, 1.165) is 30.3 Å². The first kappa shape index (κ1) is 12.1. The van der Waals surface area contributed by atoms with Gasteiger partial charge >= 0.3 is 0 Å². The van der Waals surface area contributed by atoms with Gasteiger partial charge in [-0.2, -0.15) is 0 Å². The lowest BCUT2D eigenvalue weighted by molar-refractivity contribution is 0.172. The standard InChI is InChI=1S/C14H17NO2.ClH/c1-2-10-6-11-9(7-12(10)15-5-1)3-4-13-14(11)17-8-16-13;/h3-4,10,12,15H,1-2,5-8H2;1H/t10-,12-;/m1./s1. The minimum absolute atomic E-state index is 0. The summed E-state index contributed by atoms with van der Waals surface area (Å²) in [4.78, 5) is 0. The van der Waals surface area contributed by atoms with Crippen LogP contribution in [-0.4, -0.2) is 19.4 Å². The van der Waals surface area contributed by atoms with E-state index in [-0.39, 0.29) is 12.4 Å². The van der Waals surface area contributed by atoms with Gasteiger partial charge in [-0.25, -0.2) is 0 Å². The maximum atomic E-state index is 5.63. The average Bonchev–Trinajstić information content (AvgIpc) is 2.85. The van der Waals surface area contributed by atoms with Crippen molar-refractivity contribution in [2.45, 2.75) is 31.7 Å². The highest BCUT2D eigenvalue weighted by Crippen LogP contribution is 2.42. The Morgan fingerprint density at radius 3 is 3.06 bits per heavy atom. The Balaban J connectivity index is 0.000001000. The number of halogens is 1. The number of fused-ring (bicyclic) bond motifs is 4. The molecule has 4 heteroatoms. The van der Waals surface area contributed by atoms with Crippen LogP contribution >= 0.6 is 12.4 Å². The summed E-state index contributed by atoms with van der Waals surface area (Å²) in [5.74, 6) is 2.74. The number of hydrogen-bond acceptors (Lipinski definition) is 3. The Kier molecular flexibility index (Phi) is 3.12. The molecule has 18 heavy (non-hydrogen) atoms. The smallest absolute Gasteiger partial charge is 0.231 e. The minimum atomic E-state index is 0. The van der Waals surface area contributed by atoms with Gasteiger partial charge < -0.3 is 14.8 Å². The molecule has 1 fully saturated rings. The van der Waals surface area contributed by atoms with Gasteiger partial charge in [0, 0.05) is 11.6 Å². The Bertz CT molecular complexity index is 463. The fraction of sp³-hybridized carbons (Fsp3) is 0.571. The Morgan fingerprint density at radius 1 is 1.17 bits per heavy atom. The van der Waals surface area contributed by atoms with Crippen LogP contribution in [0.3, 0.4) is 0 Å². The van der Waals surface area contributed by atoms with E-state index in [4.69, 9.17) is 9.47 Å². The van der Waals surface area contributed by atoms with Gasteiger partial charge in [-0.3, -0.25) is 0 Å². The third-order valence-electron chi connectivity index (χ3n) is 4.37. The number of hydrogen-bond donors (Lipinski definition) is 1. The lowest BCUT2D eigenvalue weighted by Crippen LogP contribution is -2.46. The molecule has 0 bridgehead atoms. The van der Waals surface area contributed by atoms with Gasteiger partial charge in [-0.1, -0.05) is 6.07 Å². The lowest BCUT2D eigenvalue weighted by atomic mass is 9.76. The van der Waals surface area contributed by atoms with E-state index in [0.29, 0.717) is 12.8 Å². The van der Waals surface area contributed by atoms with Crippen molar-refractivity contribution >= 4 is 12.4 Å². The second-order valence-electron chi connectivity index (χ2n) is 5.31. The third kappa shape index (κ3) is 1.77. The highest BCUT2D eigenvalue weighted by Gasteiger charge is 2.33. The van der Waals surface area contributed by atoms with Crippen molar-refractivity contribution in [3.05, 3.63) is 23.3 Å². The molecular weight excluding hydrogens is 250 g/mol. The molecule has 98 valence electrons. The van der Waals surface area contributed by atoms with Crippen LogP contribution in [0, 0.1) is 5.92 Å². The van der Waals surface area contributed by atoms with Gasteiger partial charge in [0.15, 0.2) is 11.5 Å². The van der Waals surface area contributed by atoms with E-state index in [1.165, 1.54) is 30.5 Å². The normalized spacial score (nSPS) is 28.0. The molecule has 4 rings (SSSR count). The Morgan fingerprint density at radius 2 is 2.11 bits per heavy atom. The molecule has 1 aromatic rings. The molecule has 3 nitrogen and oxygen atoms in total. The van der Waals surface area contributed by atoms with Crippen LogP contribution in [-0.2, 0) is 12.8 Å². The summed E-state index contributed by atoms with van der Waals surface area (Å²) >= 11 is 0. The number of benzene rings is 1. The van der Waals surface area contributed by atoms with Gasteiger partial charge in [0.2, 0.25) is 6.79 Å². The lowest BCUT2D eigenvalue weighted by Gasteiger charge is -2.37. The summed E-state index contributed by atoms with van der Waals surface area (Å²) in [5.41, 5.74) is 2.86. The summed E-state index contributed by atoms with van der Waals surface area (Å²) in [7, 11) is 0. The molecule has 0 radical (unpaired) electrons. The first-order valence-electron chi connectivity index (χ1n) is 6.55. The predicted octanol–water partition coefficient (Wildman–Crippen LogP) is 2.30. The van der Waals surface area contributed by atoms with Gasteiger partial charge in [0.25, 0.3) is 0 Å². The molecule has 2 aliphatic heterocycles. The minimum Gasteiger partial charge on any atom is -0.454 e. The quantitative estimate of drug-likeness (QED) is 0.783. The zero-order chi connectivity index (χ0) is 11.2. The van der Waals surface area contributed by atoms with Gasteiger partial charge in [-0.05, 0) is 49.8 Å². The highest BCUT2D eigenvalue weighted by molar-refractivity contribution is 5.85. The van der Waals surface area contributed by atoms with E-state index in [1.807, 2.05) is 0 Å². The van der Waals surface area contributed by atoms with Crippen LogP contribution in [0.2, 0.25) is 0 Å². The fourth-order valence-electron chi connectivity index (χ4n) is 3.49. The van der Waals surface area contributed by atoms with Crippen LogP contribution in [0.4, 0.5) is 0 Å². The molecule has 0 saturated carbocycles. The number of piperidine rings is 1. The first-order valence-corrected chi connectivity index (χ1v) is 6.55. The molecule has 0 spiro atoms. The van der Waals surface area contributed by atoms with E-state index in [9.17, 15) is 0 Å². The molecule has 2 heterocycles. The number of rotatable bonds is 0. The zero-order valence-electron chi connectivity index (χ0n) is 10.3. The second kappa shape index (κ2) is 4.63. The molecule has 3 aliphatic rings. The van der Waals surface area contributed by atoms with Gasteiger partial charge in [-0.15, -0.1) is 12.4 Å². The van der Waals surface area contributed by atoms with E-state index < -0.39 is 0 Å². The van der Waals surface area contributed by atoms with Gasteiger partial charge in [0.1, 0.15) is 0 Å². The molecule has 0 amide bonds. The molecule has 1 saturated heterocycles. The molecule has 1 aromatic carbocycles. The Hall–Kier alpha value is -0.930. The highest BCUT2D eigenvalue weighted by atomic mass is 35.5. The van der Waals surface area contributed by atoms with Crippen molar-refractivity contribution < 1.29 is 9.47 Å². The maximum Gasteiger partial charge on any atom is 0.231 e. The van der Waals surface area contributed by atoms with Crippen molar-refractivity contribution in [2.75, 3.05) is 13.3 Å². The van der Waals surface area contributed by atoms with Crippen LogP contribution in [0.5, 0.6) is 11.5 Å². The summed E-state index contributed by atoms with van der Waals surface area (Å²) in [6, 6.07) is 4.95. The predicted molar refractivity (Wildman–Crippen MR) is 71.7 cm³/mol. The molecule has 0 aromatic heterocycles. The van der Waals surface area contributed by atoms with E-state index >= 15 is 0 Å². The number of nitrogens with one attached hydrogen (secondary N) is 1. The first-order chi connectivity index (χ1) is 8.42. The summed E-state index contributed by atoms with van der Waals surface area (Å²) in [6.45, 7) is 1.57.